The largest absolute Gasteiger partial charge is 0.467 e. The van der Waals surface area contributed by atoms with Gasteiger partial charge in [0.25, 0.3) is 5.91 Å². The molecule has 0 fully saturated rings. The van der Waals surface area contributed by atoms with E-state index in [1.165, 1.54) is 7.11 Å². The Balaban J connectivity index is 1.97. The van der Waals surface area contributed by atoms with Crippen LogP contribution in [0.2, 0.25) is 0 Å². The third kappa shape index (κ3) is 5.31. The normalized spacial score (nSPS) is 11.8. The lowest BCUT2D eigenvalue weighted by Crippen LogP contribution is -2.45. The van der Waals surface area contributed by atoms with Gasteiger partial charge in [0, 0.05) is 17.5 Å². The van der Waals surface area contributed by atoms with Gasteiger partial charge in [-0.15, -0.1) is 0 Å². The molecule has 1 atom stereocenters. The average molecular weight is 465 g/mol. The molecule has 0 aliphatic rings. The number of nitrogens with zero attached hydrogens (tertiary/aromatic N) is 3. The summed E-state index contributed by atoms with van der Waals surface area (Å²) >= 11 is 0. The Morgan fingerprint density at radius 2 is 1.76 bits per heavy atom. The molecule has 0 bridgehead atoms. The first-order valence-electron chi connectivity index (χ1n) is 11.0. The van der Waals surface area contributed by atoms with Crippen molar-refractivity contribution in [2.24, 2.45) is 5.92 Å². The molecule has 34 heavy (non-hydrogen) atoms. The van der Waals surface area contributed by atoms with Crippen LogP contribution < -0.4 is 5.32 Å². The van der Waals surface area contributed by atoms with Gasteiger partial charge in [0.05, 0.1) is 13.7 Å². The molecule has 0 saturated heterocycles. The van der Waals surface area contributed by atoms with E-state index in [0.29, 0.717) is 35.6 Å². The molecular formula is C25H28N4O5. The molecule has 3 rings (SSSR count). The number of amides is 1. The van der Waals surface area contributed by atoms with Gasteiger partial charge in [0.15, 0.2) is 5.69 Å². The number of nitro groups is 1. The third-order valence-electron chi connectivity index (χ3n) is 5.53. The summed E-state index contributed by atoms with van der Waals surface area (Å²) in [6.07, 6.45) is 0.526. The minimum atomic E-state index is -0.780. The van der Waals surface area contributed by atoms with Crippen molar-refractivity contribution in [3.05, 3.63) is 81.7 Å². The lowest BCUT2D eigenvalue weighted by molar-refractivity contribution is -0.388. The zero-order chi connectivity index (χ0) is 24.8. The second-order valence-electron chi connectivity index (χ2n) is 8.18. The molecule has 0 aliphatic heterocycles. The minimum absolute atomic E-state index is 0.155. The number of aryl methyl sites for hydroxylation is 1. The van der Waals surface area contributed by atoms with Crippen molar-refractivity contribution in [2.45, 2.75) is 39.8 Å². The molecule has 178 valence electrons. The lowest BCUT2D eigenvalue weighted by Gasteiger charge is -2.19. The maximum atomic E-state index is 12.7. The first kappa shape index (κ1) is 24.6. The molecule has 1 N–H and O–H groups in total. The van der Waals surface area contributed by atoms with Crippen molar-refractivity contribution in [1.29, 1.82) is 0 Å². The quantitative estimate of drug-likeness (QED) is 0.291. The fraction of sp³-hybridized carbons (Fsp3) is 0.320. The second-order valence-corrected chi connectivity index (χ2v) is 8.18. The van der Waals surface area contributed by atoms with E-state index >= 15 is 0 Å². The van der Waals surface area contributed by atoms with Crippen molar-refractivity contribution in [2.75, 3.05) is 7.11 Å². The van der Waals surface area contributed by atoms with Crippen LogP contribution in [0.25, 0.3) is 11.3 Å². The van der Waals surface area contributed by atoms with E-state index in [1.807, 2.05) is 55.7 Å². The maximum Gasteiger partial charge on any atom is 0.390 e. The molecule has 0 unspecified atom stereocenters. The van der Waals surface area contributed by atoms with Crippen LogP contribution >= 0.6 is 0 Å². The van der Waals surface area contributed by atoms with Crippen molar-refractivity contribution in [3.63, 3.8) is 0 Å². The Morgan fingerprint density at radius 3 is 2.29 bits per heavy atom. The standard InChI is InChI=1S/C25H28N4O5/c1-5-20-26-23(29(32)33)22(28(20)15-17-9-7-6-8-10-17)18-11-13-19(14-12-18)24(30)27-21(16(2)3)25(31)34-4/h6-14,16,21H,5,15H2,1-4H3,(H,27,30)/t21-/m0/s1. The minimum Gasteiger partial charge on any atom is -0.467 e. The van der Waals surface area contributed by atoms with E-state index in [4.69, 9.17) is 4.74 Å². The molecule has 3 aromatic rings. The van der Waals surface area contributed by atoms with E-state index in [1.54, 1.807) is 24.3 Å². The van der Waals surface area contributed by atoms with Gasteiger partial charge in [0.1, 0.15) is 6.04 Å². The number of ether oxygens (including phenoxy) is 1. The zero-order valence-electron chi connectivity index (χ0n) is 19.6. The summed E-state index contributed by atoms with van der Waals surface area (Å²) in [5.74, 6) is -0.733. The molecule has 1 aromatic heterocycles. The number of carbonyl (C=O) groups is 2. The van der Waals surface area contributed by atoms with Crippen molar-refractivity contribution < 1.29 is 19.2 Å². The summed E-state index contributed by atoms with van der Waals surface area (Å²) in [7, 11) is 1.27. The van der Waals surface area contributed by atoms with Crippen LogP contribution in [0, 0.1) is 16.0 Å². The third-order valence-corrected chi connectivity index (χ3v) is 5.53. The van der Waals surface area contributed by atoms with Crippen molar-refractivity contribution >= 4 is 17.7 Å². The first-order valence-corrected chi connectivity index (χ1v) is 11.0. The maximum absolute atomic E-state index is 12.7. The van der Waals surface area contributed by atoms with Crippen LogP contribution in [-0.4, -0.2) is 39.5 Å². The molecule has 0 spiro atoms. The van der Waals surface area contributed by atoms with Crippen molar-refractivity contribution in [1.82, 2.24) is 14.9 Å². The van der Waals surface area contributed by atoms with Gasteiger partial charge in [-0.3, -0.25) is 9.36 Å². The van der Waals surface area contributed by atoms with E-state index in [9.17, 15) is 19.7 Å². The Kier molecular flexibility index (Phi) is 7.78. The van der Waals surface area contributed by atoms with Gasteiger partial charge in [0.2, 0.25) is 5.82 Å². The Bertz CT molecular complexity index is 1170. The van der Waals surface area contributed by atoms with Crippen LogP contribution in [-0.2, 0) is 22.5 Å². The predicted molar refractivity (Wildman–Crippen MR) is 127 cm³/mol. The topological polar surface area (TPSA) is 116 Å². The number of methoxy groups -OCH3 is 1. The van der Waals surface area contributed by atoms with Crippen LogP contribution in [0.3, 0.4) is 0 Å². The highest BCUT2D eigenvalue weighted by Crippen LogP contribution is 2.32. The summed E-state index contributed by atoms with van der Waals surface area (Å²) in [4.78, 5) is 40.3. The molecule has 0 aliphatic carbocycles. The van der Waals surface area contributed by atoms with E-state index in [-0.39, 0.29) is 11.7 Å². The van der Waals surface area contributed by atoms with Crippen LogP contribution in [0.1, 0.15) is 42.5 Å². The van der Waals surface area contributed by atoms with E-state index < -0.39 is 22.8 Å². The van der Waals surface area contributed by atoms with E-state index in [2.05, 4.69) is 10.3 Å². The molecule has 0 saturated carbocycles. The van der Waals surface area contributed by atoms with Gasteiger partial charge in [-0.05, 0) is 33.5 Å². The summed E-state index contributed by atoms with van der Waals surface area (Å²) in [5, 5.41) is 14.5. The number of imidazole rings is 1. The van der Waals surface area contributed by atoms with Crippen LogP contribution in [0.4, 0.5) is 5.82 Å². The molecule has 0 radical (unpaired) electrons. The second kappa shape index (κ2) is 10.7. The number of hydrogen-bond acceptors (Lipinski definition) is 6. The van der Waals surface area contributed by atoms with Crippen LogP contribution in [0.15, 0.2) is 54.6 Å². The van der Waals surface area contributed by atoms with Crippen LogP contribution in [0.5, 0.6) is 0 Å². The molecular weight excluding hydrogens is 436 g/mol. The lowest BCUT2D eigenvalue weighted by atomic mass is 10.0. The Labute approximate surface area is 197 Å². The van der Waals surface area contributed by atoms with Gasteiger partial charge in [-0.1, -0.05) is 63.2 Å². The SMILES string of the molecule is CCc1nc([N+](=O)[O-])c(-c2ccc(C(=O)N[C@H](C(=O)OC)C(C)C)cc2)n1Cc1ccccc1. The number of carbonyl (C=O) groups excluding carboxylic acids is 2. The highest BCUT2D eigenvalue weighted by molar-refractivity contribution is 5.97. The number of aromatic nitrogens is 2. The number of rotatable bonds is 9. The smallest absolute Gasteiger partial charge is 0.390 e. The fourth-order valence-corrected chi connectivity index (χ4v) is 3.73. The van der Waals surface area contributed by atoms with Gasteiger partial charge in [-0.25, -0.2) is 4.79 Å². The fourth-order valence-electron chi connectivity index (χ4n) is 3.73. The van der Waals surface area contributed by atoms with Gasteiger partial charge >= 0.3 is 11.8 Å². The van der Waals surface area contributed by atoms with Gasteiger partial charge in [-0.2, -0.15) is 0 Å². The molecule has 9 heteroatoms. The summed E-state index contributed by atoms with van der Waals surface area (Å²) in [6.45, 7) is 5.95. The molecule has 2 aromatic carbocycles. The molecule has 1 heterocycles. The van der Waals surface area contributed by atoms with Gasteiger partial charge < -0.3 is 20.2 Å². The van der Waals surface area contributed by atoms with E-state index in [0.717, 1.165) is 5.56 Å². The van der Waals surface area contributed by atoms with Crippen molar-refractivity contribution in [3.8, 4) is 11.3 Å². The first-order chi connectivity index (χ1) is 16.3. The number of benzene rings is 2. The number of hydrogen-bond donors (Lipinski definition) is 1. The molecule has 1 amide bonds. The Hall–Kier alpha value is -4.01. The summed E-state index contributed by atoms with van der Waals surface area (Å²) in [6, 6.07) is 15.3. The summed E-state index contributed by atoms with van der Waals surface area (Å²) < 4.78 is 6.61. The average Bonchev–Trinajstić information content (AvgIpc) is 3.21. The summed E-state index contributed by atoms with van der Waals surface area (Å²) in [5.41, 5.74) is 2.27. The Morgan fingerprint density at radius 1 is 1.12 bits per heavy atom. The highest BCUT2D eigenvalue weighted by atomic mass is 16.6. The zero-order valence-corrected chi connectivity index (χ0v) is 19.6. The highest BCUT2D eigenvalue weighted by Gasteiger charge is 2.29. The number of nitrogens with one attached hydrogen (secondary N) is 1. The predicted octanol–water partition coefficient (Wildman–Crippen LogP) is 4.00. The number of esters is 1. The molecule has 9 nitrogen and oxygen atoms in total. The monoisotopic (exact) mass is 464 g/mol.